The van der Waals surface area contributed by atoms with E-state index in [4.69, 9.17) is 11.6 Å². The van der Waals surface area contributed by atoms with E-state index < -0.39 is 0 Å². The zero-order valence-electron chi connectivity index (χ0n) is 10.3. The van der Waals surface area contributed by atoms with Gasteiger partial charge in [0, 0.05) is 21.9 Å². The quantitative estimate of drug-likeness (QED) is 0.604. The highest BCUT2D eigenvalue weighted by molar-refractivity contribution is 7.98. The van der Waals surface area contributed by atoms with Gasteiger partial charge in [0.2, 0.25) is 0 Å². The average Bonchev–Trinajstić information content (AvgIpc) is 2.41. The lowest BCUT2D eigenvalue weighted by Crippen LogP contribution is -2.04. The van der Waals surface area contributed by atoms with Gasteiger partial charge in [0.25, 0.3) is 0 Å². The number of carbonyl (C=O) groups is 1. The molecule has 0 amide bonds. The topological polar surface area (TPSA) is 17.1 Å². The van der Waals surface area contributed by atoms with Crippen molar-refractivity contribution in [3.63, 3.8) is 0 Å². The van der Waals surface area contributed by atoms with Crippen LogP contribution in [0.15, 0.2) is 47.4 Å². The van der Waals surface area contributed by atoms with Crippen LogP contribution in [0.1, 0.15) is 15.9 Å². The second-order valence-corrected chi connectivity index (χ2v) is 5.30. The number of carbonyl (C=O) groups excluding carboxylic acids is 1. The number of rotatable bonds is 4. The number of benzene rings is 2. The molecule has 2 rings (SSSR count). The fourth-order valence-electron chi connectivity index (χ4n) is 1.76. The molecule has 0 atom stereocenters. The molecule has 0 bridgehead atoms. The molecule has 0 heterocycles. The minimum Gasteiger partial charge on any atom is -0.294 e. The minimum absolute atomic E-state index is 0.139. The highest BCUT2D eigenvalue weighted by Gasteiger charge is 2.11. The van der Waals surface area contributed by atoms with Gasteiger partial charge in [0.1, 0.15) is 5.82 Å². The molecule has 0 saturated heterocycles. The number of hydrogen-bond acceptors (Lipinski definition) is 2. The first-order valence-corrected chi connectivity index (χ1v) is 7.32. The Hall–Kier alpha value is -1.32. The molecule has 0 N–H and O–H groups in total. The fraction of sp³-hybridized carbons (Fsp3) is 0.133. The number of thioether (sulfide) groups is 1. The molecule has 0 fully saturated rings. The molecule has 0 aromatic heterocycles. The number of ketones is 1. The van der Waals surface area contributed by atoms with Gasteiger partial charge in [-0.15, -0.1) is 11.8 Å². The maximum absolute atomic E-state index is 13.6. The van der Waals surface area contributed by atoms with Gasteiger partial charge >= 0.3 is 0 Å². The van der Waals surface area contributed by atoms with Crippen LogP contribution in [0.4, 0.5) is 4.39 Å². The third-order valence-corrected chi connectivity index (χ3v) is 3.92. The Morgan fingerprint density at radius 1 is 1.26 bits per heavy atom. The molecule has 98 valence electrons. The van der Waals surface area contributed by atoms with E-state index in [-0.39, 0.29) is 18.0 Å². The van der Waals surface area contributed by atoms with Gasteiger partial charge in [-0.25, -0.2) is 4.39 Å². The molecule has 0 aliphatic carbocycles. The molecule has 1 nitrogen and oxygen atoms in total. The van der Waals surface area contributed by atoms with Crippen molar-refractivity contribution >= 4 is 29.1 Å². The van der Waals surface area contributed by atoms with Crippen molar-refractivity contribution in [2.75, 3.05) is 6.26 Å². The van der Waals surface area contributed by atoms with Crippen LogP contribution in [0.2, 0.25) is 5.02 Å². The summed E-state index contributed by atoms with van der Waals surface area (Å²) in [5, 5.41) is 0.553. The standard InChI is InChI=1S/C15H12ClFOS/c1-19-15-7-6-11(8-13(15)17)14(18)9-10-4-2-3-5-12(10)16/h2-8H,9H2,1H3. The van der Waals surface area contributed by atoms with Crippen molar-refractivity contribution in [1.82, 2.24) is 0 Å². The van der Waals surface area contributed by atoms with Crippen LogP contribution in [-0.2, 0) is 6.42 Å². The smallest absolute Gasteiger partial charge is 0.167 e. The van der Waals surface area contributed by atoms with E-state index in [9.17, 15) is 9.18 Å². The highest BCUT2D eigenvalue weighted by Crippen LogP contribution is 2.22. The number of halogens is 2. The van der Waals surface area contributed by atoms with Gasteiger partial charge in [-0.1, -0.05) is 35.9 Å². The lowest BCUT2D eigenvalue weighted by molar-refractivity contribution is 0.0992. The second-order valence-electron chi connectivity index (χ2n) is 4.04. The van der Waals surface area contributed by atoms with Crippen molar-refractivity contribution in [1.29, 1.82) is 0 Å². The minimum atomic E-state index is -0.363. The van der Waals surface area contributed by atoms with Crippen LogP contribution in [0.25, 0.3) is 0 Å². The van der Waals surface area contributed by atoms with E-state index in [1.54, 1.807) is 30.5 Å². The monoisotopic (exact) mass is 294 g/mol. The largest absolute Gasteiger partial charge is 0.294 e. The summed E-state index contributed by atoms with van der Waals surface area (Å²) in [6.45, 7) is 0. The van der Waals surface area contributed by atoms with Crippen molar-refractivity contribution in [2.24, 2.45) is 0 Å². The van der Waals surface area contributed by atoms with Crippen molar-refractivity contribution in [3.8, 4) is 0 Å². The number of hydrogen-bond donors (Lipinski definition) is 0. The van der Waals surface area contributed by atoms with Crippen LogP contribution in [0, 0.1) is 5.82 Å². The molecule has 0 aliphatic heterocycles. The van der Waals surface area contributed by atoms with Crippen LogP contribution in [0.3, 0.4) is 0 Å². The van der Waals surface area contributed by atoms with Crippen molar-refractivity contribution < 1.29 is 9.18 Å². The molecule has 19 heavy (non-hydrogen) atoms. The molecule has 4 heteroatoms. The van der Waals surface area contributed by atoms with E-state index in [2.05, 4.69) is 0 Å². The van der Waals surface area contributed by atoms with Crippen LogP contribution < -0.4 is 0 Å². The molecular weight excluding hydrogens is 283 g/mol. The van der Waals surface area contributed by atoms with E-state index in [0.717, 1.165) is 5.56 Å². The van der Waals surface area contributed by atoms with Gasteiger partial charge in [-0.2, -0.15) is 0 Å². The lowest BCUT2D eigenvalue weighted by Gasteiger charge is -2.05. The molecule has 2 aromatic carbocycles. The van der Waals surface area contributed by atoms with Gasteiger partial charge < -0.3 is 0 Å². The Morgan fingerprint density at radius 2 is 2.00 bits per heavy atom. The predicted octanol–water partition coefficient (Wildman–Crippen LogP) is 4.63. The van der Waals surface area contributed by atoms with Gasteiger partial charge in [-0.3, -0.25) is 4.79 Å². The first-order valence-electron chi connectivity index (χ1n) is 5.72. The van der Waals surface area contributed by atoms with E-state index in [0.29, 0.717) is 15.5 Å². The Balaban J connectivity index is 2.21. The van der Waals surface area contributed by atoms with E-state index >= 15 is 0 Å². The third kappa shape index (κ3) is 3.37. The first kappa shape index (κ1) is 14.1. The Morgan fingerprint density at radius 3 is 2.63 bits per heavy atom. The van der Waals surface area contributed by atoms with Crippen molar-refractivity contribution in [3.05, 3.63) is 64.4 Å². The summed E-state index contributed by atoms with van der Waals surface area (Å²) in [6, 6.07) is 11.7. The lowest BCUT2D eigenvalue weighted by atomic mass is 10.0. The summed E-state index contributed by atoms with van der Waals surface area (Å²) in [5.41, 5.74) is 1.12. The Labute approximate surface area is 120 Å². The molecule has 0 aliphatic rings. The van der Waals surface area contributed by atoms with Crippen LogP contribution in [0.5, 0.6) is 0 Å². The summed E-state index contributed by atoms with van der Waals surface area (Å²) in [7, 11) is 0. The highest BCUT2D eigenvalue weighted by atomic mass is 35.5. The second kappa shape index (κ2) is 6.22. The zero-order valence-corrected chi connectivity index (χ0v) is 11.9. The summed E-state index contributed by atoms with van der Waals surface area (Å²) >= 11 is 7.32. The van der Waals surface area contributed by atoms with Gasteiger partial charge in [0.15, 0.2) is 5.78 Å². The summed E-state index contributed by atoms with van der Waals surface area (Å²) in [6.07, 6.45) is 1.97. The molecule has 0 saturated carbocycles. The average molecular weight is 295 g/mol. The normalized spacial score (nSPS) is 10.5. The van der Waals surface area contributed by atoms with Gasteiger partial charge in [-0.05, 0) is 30.0 Å². The Bertz CT molecular complexity index is 613. The zero-order chi connectivity index (χ0) is 13.8. The molecule has 2 aromatic rings. The Kier molecular flexibility index (Phi) is 4.61. The van der Waals surface area contributed by atoms with E-state index in [1.807, 2.05) is 12.1 Å². The van der Waals surface area contributed by atoms with Crippen LogP contribution in [-0.4, -0.2) is 12.0 Å². The first-order chi connectivity index (χ1) is 9.11. The van der Waals surface area contributed by atoms with E-state index in [1.165, 1.54) is 17.8 Å². The molecule has 0 spiro atoms. The molecule has 0 radical (unpaired) electrons. The summed E-state index contributed by atoms with van der Waals surface area (Å²) in [4.78, 5) is 12.6. The summed E-state index contributed by atoms with van der Waals surface area (Å²) in [5.74, 6) is -0.503. The SMILES string of the molecule is CSc1ccc(C(=O)Cc2ccccc2Cl)cc1F. The van der Waals surface area contributed by atoms with Gasteiger partial charge in [0.05, 0.1) is 0 Å². The fourth-order valence-corrected chi connectivity index (χ4v) is 2.42. The van der Waals surface area contributed by atoms with Crippen LogP contribution >= 0.6 is 23.4 Å². The molecular formula is C15H12ClFOS. The summed E-state index contributed by atoms with van der Waals surface area (Å²) < 4.78 is 13.6. The predicted molar refractivity (Wildman–Crippen MR) is 77.7 cm³/mol. The molecule has 0 unspecified atom stereocenters. The van der Waals surface area contributed by atoms with Crippen molar-refractivity contribution in [2.45, 2.75) is 11.3 Å². The third-order valence-electron chi connectivity index (χ3n) is 2.78. The number of Topliss-reactive ketones (excluding diaryl/α,β-unsaturated/α-hetero) is 1. The maximum atomic E-state index is 13.6. The maximum Gasteiger partial charge on any atom is 0.167 e.